The molecule has 0 aliphatic carbocycles. The van der Waals surface area contributed by atoms with Crippen LogP contribution in [0.15, 0.2) is 30.3 Å². The zero-order valence-corrected chi connectivity index (χ0v) is 9.39. The Morgan fingerprint density at radius 2 is 1.87 bits per heavy atom. The highest BCUT2D eigenvalue weighted by Crippen LogP contribution is 2.23. The number of hydrogen-bond acceptors (Lipinski definition) is 4. The van der Waals surface area contributed by atoms with Crippen molar-refractivity contribution in [2.75, 3.05) is 26.3 Å². The largest absolute Gasteiger partial charge is 0.379 e. The number of ether oxygens (including phenoxy) is 1. The molecule has 1 saturated heterocycles. The molecule has 5 heteroatoms. The minimum absolute atomic E-state index is 0.643. The second-order valence-corrected chi connectivity index (χ2v) is 4.62. The van der Waals surface area contributed by atoms with Gasteiger partial charge in [-0.25, -0.2) is 4.62 Å². The van der Waals surface area contributed by atoms with E-state index in [4.69, 9.17) is 9.36 Å². The molecule has 0 spiro atoms. The third-order valence-electron chi connectivity index (χ3n) is 2.19. The Hall–Kier alpha value is -0.670. The quantitative estimate of drug-likeness (QED) is 0.723. The third kappa shape index (κ3) is 3.14. The number of hydroxylamine groups is 2. The highest BCUT2D eigenvalue weighted by molar-refractivity contribution is 7.48. The van der Waals surface area contributed by atoms with Crippen LogP contribution in [0, 0.1) is 0 Å². The average Bonchev–Trinajstić information content (AvgIpc) is 2.31. The summed E-state index contributed by atoms with van der Waals surface area (Å²) in [6.07, 6.45) is 0. The topological polar surface area (TPSA) is 38.8 Å². The fourth-order valence-electron chi connectivity index (χ4n) is 1.38. The van der Waals surface area contributed by atoms with E-state index in [0.29, 0.717) is 26.3 Å². The number of rotatable bonds is 3. The van der Waals surface area contributed by atoms with E-state index in [1.165, 1.54) is 0 Å². The summed E-state index contributed by atoms with van der Waals surface area (Å²) >= 11 is 0. The summed E-state index contributed by atoms with van der Waals surface area (Å²) in [5, 5.41) is 2.48. The van der Waals surface area contributed by atoms with Crippen LogP contribution in [0.25, 0.3) is 0 Å². The highest BCUT2D eigenvalue weighted by atomic mass is 31.1. The van der Waals surface area contributed by atoms with Crippen molar-refractivity contribution in [1.82, 2.24) is 5.06 Å². The van der Waals surface area contributed by atoms with Gasteiger partial charge in [-0.3, -0.25) is 4.57 Å². The Morgan fingerprint density at radius 1 is 1.20 bits per heavy atom. The van der Waals surface area contributed by atoms with Gasteiger partial charge in [-0.05, 0) is 12.1 Å². The number of nitrogens with zero attached hydrogens (tertiary/aromatic N) is 1. The molecule has 15 heavy (non-hydrogen) atoms. The number of morpholine rings is 1. The monoisotopic (exact) mass is 227 g/mol. The first-order chi connectivity index (χ1) is 7.36. The molecule has 82 valence electrons. The summed E-state index contributed by atoms with van der Waals surface area (Å²) in [5.41, 5.74) is 0. The van der Waals surface area contributed by atoms with E-state index in [9.17, 15) is 4.57 Å². The van der Waals surface area contributed by atoms with Crippen molar-refractivity contribution in [3.8, 4) is 0 Å². The Kier molecular flexibility index (Phi) is 3.92. The second-order valence-electron chi connectivity index (χ2n) is 3.29. The molecule has 1 heterocycles. The molecule has 4 nitrogen and oxygen atoms in total. The first-order valence-electron chi connectivity index (χ1n) is 4.96. The molecule has 2 rings (SSSR count). The molecule has 1 aromatic rings. The van der Waals surface area contributed by atoms with E-state index in [2.05, 4.69) is 0 Å². The van der Waals surface area contributed by atoms with Gasteiger partial charge in [0.1, 0.15) is 0 Å². The van der Waals surface area contributed by atoms with Crippen molar-refractivity contribution in [3.05, 3.63) is 30.3 Å². The molecule has 1 unspecified atom stereocenters. The van der Waals surface area contributed by atoms with Gasteiger partial charge < -0.3 is 4.74 Å². The third-order valence-corrected chi connectivity index (χ3v) is 3.42. The van der Waals surface area contributed by atoms with Crippen LogP contribution in [0.1, 0.15) is 0 Å². The van der Waals surface area contributed by atoms with Gasteiger partial charge in [-0.2, -0.15) is 5.06 Å². The number of benzene rings is 1. The van der Waals surface area contributed by atoms with E-state index < -0.39 is 8.03 Å². The van der Waals surface area contributed by atoms with Crippen LogP contribution in [-0.2, 0) is 13.9 Å². The Labute approximate surface area is 89.6 Å². The SMILES string of the molecule is O=[PH](ON1CCOCC1)c1ccccc1. The predicted octanol–water partition coefficient (Wildman–Crippen LogP) is 1.05. The maximum absolute atomic E-state index is 11.8. The molecule has 1 aromatic carbocycles. The first-order valence-corrected chi connectivity index (χ1v) is 6.28. The normalized spacial score (nSPS) is 20.0. The van der Waals surface area contributed by atoms with Gasteiger partial charge in [0.2, 0.25) is 8.03 Å². The van der Waals surface area contributed by atoms with Gasteiger partial charge in [0, 0.05) is 18.4 Å². The Morgan fingerprint density at radius 3 is 2.53 bits per heavy atom. The molecule has 0 bridgehead atoms. The molecule has 1 fully saturated rings. The van der Waals surface area contributed by atoms with Crippen LogP contribution in [-0.4, -0.2) is 31.4 Å². The molecule has 0 amide bonds. The minimum atomic E-state index is -2.15. The zero-order chi connectivity index (χ0) is 10.5. The highest BCUT2D eigenvalue weighted by Gasteiger charge is 2.14. The fourth-order valence-corrected chi connectivity index (χ4v) is 2.37. The molecular formula is C10H14NO3P. The molecule has 0 aromatic heterocycles. The van der Waals surface area contributed by atoms with Crippen LogP contribution in [0.4, 0.5) is 0 Å². The molecule has 0 radical (unpaired) electrons. The lowest BCUT2D eigenvalue weighted by atomic mass is 10.4. The smallest absolute Gasteiger partial charge is 0.238 e. The van der Waals surface area contributed by atoms with Gasteiger partial charge in [-0.15, -0.1) is 0 Å². The molecule has 1 aliphatic rings. The Balaban J connectivity index is 1.91. The van der Waals surface area contributed by atoms with Crippen molar-refractivity contribution >= 4 is 13.3 Å². The number of hydrogen-bond donors (Lipinski definition) is 0. The predicted molar refractivity (Wildman–Crippen MR) is 58.6 cm³/mol. The molecular weight excluding hydrogens is 213 g/mol. The van der Waals surface area contributed by atoms with Crippen molar-refractivity contribution in [3.63, 3.8) is 0 Å². The zero-order valence-electron chi connectivity index (χ0n) is 8.39. The molecule has 0 saturated carbocycles. The van der Waals surface area contributed by atoms with E-state index >= 15 is 0 Å². The maximum atomic E-state index is 11.8. The van der Waals surface area contributed by atoms with Gasteiger partial charge >= 0.3 is 0 Å². The summed E-state index contributed by atoms with van der Waals surface area (Å²) in [5.74, 6) is 0. The van der Waals surface area contributed by atoms with Crippen LogP contribution in [0.5, 0.6) is 0 Å². The van der Waals surface area contributed by atoms with Crippen molar-refractivity contribution in [1.29, 1.82) is 0 Å². The van der Waals surface area contributed by atoms with Crippen LogP contribution < -0.4 is 5.30 Å². The Bertz CT molecular complexity index is 325. The molecule has 1 atom stereocenters. The summed E-state index contributed by atoms with van der Waals surface area (Å²) < 4.78 is 22.3. The van der Waals surface area contributed by atoms with E-state index in [-0.39, 0.29) is 0 Å². The lowest BCUT2D eigenvalue weighted by Crippen LogP contribution is -2.35. The van der Waals surface area contributed by atoms with Gasteiger partial charge in [0.05, 0.1) is 13.2 Å². The summed E-state index contributed by atoms with van der Waals surface area (Å²) in [6, 6.07) is 9.26. The van der Waals surface area contributed by atoms with E-state index in [0.717, 1.165) is 5.30 Å². The van der Waals surface area contributed by atoms with E-state index in [1.807, 2.05) is 30.3 Å². The van der Waals surface area contributed by atoms with E-state index in [1.54, 1.807) is 5.06 Å². The van der Waals surface area contributed by atoms with Crippen molar-refractivity contribution in [2.45, 2.75) is 0 Å². The minimum Gasteiger partial charge on any atom is -0.379 e. The van der Waals surface area contributed by atoms with Crippen LogP contribution in [0.2, 0.25) is 0 Å². The average molecular weight is 227 g/mol. The van der Waals surface area contributed by atoms with Crippen molar-refractivity contribution < 1.29 is 13.9 Å². The first kappa shape index (κ1) is 10.8. The van der Waals surface area contributed by atoms with Gasteiger partial charge in [0.25, 0.3) is 0 Å². The summed E-state index contributed by atoms with van der Waals surface area (Å²) in [7, 11) is -2.15. The summed E-state index contributed by atoms with van der Waals surface area (Å²) in [6.45, 7) is 2.65. The fraction of sp³-hybridized carbons (Fsp3) is 0.400. The molecule has 0 N–H and O–H groups in total. The van der Waals surface area contributed by atoms with Gasteiger partial charge in [-0.1, -0.05) is 18.2 Å². The van der Waals surface area contributed by atoms with Gasteiger partial charge in [0.15, 0.2) is 0 Å². The summed E-state index contributed by atoms with van der Waals surface area (Å²) in [4.78, 5) is 0. The lowest BCUT2D eigenvalue weighted by molar-refractivity contribution is -0.112. The standard InChI is InChI=1S/C10H14NO3P/c12-15(10-4-2-1-3-5-10)14-11-6-8-13-9-7-11/h1-5,15H,6-9H2. The second kappa shape index (κ2) is 5.42. The maximum Gasteiger partial charge on any atom is 0.238 e. The van der Waals surface area contributed by atoms with Crippen LogP contribution in [0.3, 0.4) is 0 Å². The van der Waals surface area contributed by atoms with Crippen molar-refractivity contribution in [2.24, 2.45) is 0 Å². The molecule has 1 aliphatic heterocycles. The lowest BCUT2D eigenvalue weighted by Gasteiger charge is -2.25. The van der Waals surface area contributed by atoms with Crippen LogP contribution >= 0.6 is 8.03 Å².